The molecule has 1 aliphatic heterocycles. The molecule has 1 N–H and O–H groups in total. The number of rotatable bonds is 6. The minimum Gasteiger partial charge on any atom is -0.491 e. The predicted molar refractivity (Wildman–Crippen MR) is 94.8 cm³/mol. The Labute approximate surface area is 153 Å². The lowest BCUT2D eigenvalue weighted by molar-refractivity contribution is -0.116. The van der Waals surface area contributed by atoms with Crippen molar-refractivity contribution in [2.75, 3.05) is 18.7 Å². The smallest absolute Gasteiger partial charge is 0.231 e. The summed E-state index contributed by atoms with van der Waals surface area (Å²) in [6.07, 6.45) is 0.780. The van der Waals surface area contributed by atoms with Crippen LogP contribution < -0.4 is 19.5 Å². The summed E-state index contributed by atoms with van der Waals surface area (Å²) in [7, 11) is 0. The molecule has 132 valence electrons. The number of benzene rings is 2. The van der Waals surface area contributed by atoms with E-state index in [1.807, 2.05) is 25.1 Å². The summed E-state index contributed by atoms with van der Waals surface area (Å²) in [6.45, 7) is 2.44. The highest BCUT2D eigenvalue weighted by Gasteiger charge is 2.15. The number of carbonyl (C=O) groups is 1. The molecule has 2 aromatic rings. The summed E-state index contributed by atoms with van der Waals surface area (Å²) >= 11 is 3.25. The Morgan fingerprint density at radius 2 is 2.08 bits per heavy atom. The number of fused-ring (bicyclic) bond motifs is 1. The number of carbonyl (C=O) groups excluding carboxylic acids is 1. The lowest BCUT2D eigenvalue weighted by Crippen LogP contribution is -2.14. The molecule has 0 aliphatic carbocycles. The van der Waals surface area contributed by atoms with Crippen LogP contribution in [0.15, 0.2) is 34.8 Å². The molecule has 0 atom stereocenters. The van der Waals surface area contributed by atoms with Crippen molar-refractivity contribution in [1.29, 1.82) is 0 Å². The maximum Gasteiger partial charge on any atom is 0.231 e. The van der Waals surface area contributed by atoms with Gasteiger partial charge in [0.1, 0.15) is 5.82 Å². The van der Waals surface area contributed by atoms with Crippen LogP contribution >= 0.6 is 15.9 Å². The number of aryl methyl sites for hydroxylation is 1. The van der Waals surface area contributed by atoms with Crippen molar-refractivity contribution in [3.05, 3.63) is 46.2 Å². The topological polar surface area (TPSA) is 56.8 Å². The van der Waals surface area contributed by atoms with Gasteiger partial charge in [0, 0.05) is 12.5 Å². The molecule has 1 amide bonds. The number of nitrogens with one attached hydrogen (secondary N) is 1. The Morgan fingerprint density at radius 3 is 2.88 bits per heavy atom. The number of amides is 1. The van der Waals surface area contributed by atoms with E-state index >= 15 is 0 Å². The molecule has 0 saturated carbocycles. The van der Waals surface area contributed by atoms with Gasteiger partial charge in [-0.25, -0.2) is 4.39 Å². The zero-order valence-corrected chi connectivity index (χ0v) is 15.2. The van der Waals surface area contributed by atoms with Crippen LogP contribution in [0.3, 0.4) is 0 Å². The van der Waals surface area contributed by atoms with Crippen LogP contribution in [0.4, 0.5) is 10.1 Å². The number of hydrogen-bond acceptors (Lipinski definition) is 4. The molecule has 0 radical (unpaired) electrons. The van der Waals surface area contributed by atoms with E-state index in [1.165, 1.54) is 12.1 Å². The number of hydrogen-bond donors (Lipinski definition) is 1. The van der Waals surface area contributed by atoms with Gasteiger partial charge in [-0.2, -0.15) is 0 Å². The number of halogens is 2. The first-order valence-electron chi connectivity index (χ1n) is 7.87. The van der Waals surface area contributed by atoms with E-state index in [4.69, 9.17) is 14.2 Å². The van der Waals surface area contributed by atoms with Crippen molar-refractivity contribution < 1.29 is 23.4 Å². The lowest BCUT2D eigenvalue weighted by atomic mass is 10.1. The molecule has 1 heterocycles. The molecule has 2 aromatic carbocycles. The van der Waals surface area contributed by atoms with Crippen molar-refractivity contribution >= 4 is 27.5 Å². The summed E-state index contributed by atoms with van der Waals surface area (Å²) in [5.41, 5.74) is 1.27. The van der Waals surface area contributed by atoms with E-state index in [-0.39, 0.29) is 19.1 Å². The average molecular weight is 410 g/mol. The third-order valence-electron chi connectivity index (χ3n) is 3.65. The molecule has 1 aliphatic rings. The predicted octanol–water partition coefficient (Wildman–Crippen LogP) is 4.29. The SMILES string of the molecule is CCOc1c(Br)cc(F)cc1NC(=O)CCc1ccc2c(c1)OCO2. The quantitative estimate of drug-likeness (QED) is 0.772. The summed E-state index contributed by atoms with van der Waals surface area (Å²) in [5, 5.41) is 2.71. The highest BCUT2D eigenvalue weighted by molar-refractivity contribution is 9.10. The fourth-order valence-corrected chi connectivity index (χ4v) is 3.06. The van der Waals surface area contributed by atoms with Crippen molar-refractivity contribution in [3.63, 3.8) is 0 Å². The van der Waals surface area contributed by atoms with Crippen LogP contribution in [0, 0.1) is 5.82 Å². The lowest BCUT2D eigenvalue weighted by Gasteiger charge is -2.13. The third-order valence-corrected chi connectivity index (χ3v) is 4.24. The molecule has 0 fully saturated rings. The van der Waals surface area contributed by atoms with Crippen LogP contribution in [0.5, 0.6) is 17.2 Å². The Hall–Kier alpha value is -2.28. The molecular formula is C18H17BrFNO4. The summed E-state index contributed by atoms with van der Waals surface area (Å²) in [5.74, 6) is 1.13. The second-order valence-corrected chi connectivity index (χ2v) is 6.29. The molecule has 3 rings (SSSR count). The largest absolute Gasteiger partial charge is 0.491 e. The van der Waals surface area contributed by atoms with Crippen molar-refractivity contribution in [2.24, 2.45) is 0 Å². The molecule has 0 saturated heterocycles. The normalized spacial score (nSPS) is 12.1. The van der Waals surface area contributed by atoms with Crippen molar-refractivity contribution in [3.8, 4) is 17.2 Å². The fraction of sp³-hybridized carbons (Fsp3) is 0.278. The van der Waals surface area contributed by atoms with Gasteiger partial charge in [0.2, 0.25) is 12.7 Å². The monoisotopic (exact) mass is 409 g/mol. The standard InChI is InChI=1S/C18H17BrFNO4/c1-2-23-18-13(19)8-12(20)9-14(18)21-17(22)6-4-11-3-5-15-16(7-11)25-10-24-15/h3,5,7-9H,2,4,6,10H2,1H3,(H,21,22). The van der Waals surface area contributed by atoms with E-state index in [0.717, 1.165) is 5.56 Å². The Kier molecular flexibility index (Phi) is 5.43. The molecule has 7 heteroatoms. The second kappa shape index (κ2) is 7.74. The minimum absolute atomic E-state index is 0.216. The van der Waals surface area contributed by atoms with Crippen molar-refractivity contribution in [2.45, 2.75) is 19.8 Å². The zero-order chi connectivity index (χ0) is 17.8. The van der Waals surface area contributed by atoms with E-state index in [9.17, 15) is 9.18 Å². The highest BCUT2D eigenvalue weighted by Crippen LogP contribution is 2.35. The van der Waals surface area contributed by atoms with Crippen LogP contribution in [-0.4, -0.2) is 19.3 Å². The van der Waals surface area contributed by atoms with Gasteiger partial charge < -0.3 is 19.5 Å². The molecule has 0 aromatic heterocycles. The van der Waals surface area contributed by atoms with Crippen LogP contribution in [0.25, 0.3) is 0 Å². The van der Waals surface area contributed by atoms with Gasteiger partial charge in [-0.05, 0) is 53.0 Å². The maximum atomic E-state index is 13.6. The number of ether oxygens (including phenoxy) is 3. The molecule has 25 heavy (non-hydrogen) atoms. The average Bonchev–Trinajstić information content (AvgIpc) is 3.04. The Balaban J connectivity index is 1.65. The third kappa shape index (κ3) is 4.22. The molecule has 0 unspecified atom stereocenters. The van der Waals surface area contributed by atoms with Gasteiger partial charge in [-0.15, -0.1) is 0 Å². The van der Waals surface area contributed by atoms with Gasteiger partial charge in [0.15, 0.2) is 17.2 Å². The van der Waals surface area contributed by atoms with Crippen molar-refractivity contribution in [1.82, 2.24) is 0 Å². The van der Waals surface area contributed by atoms with Crippen LogP contribution in [-0.2, 0) is 11.2 Å². The van der Waals surface area contributed by atoms with E-state index in [2.05, 4.69) is 21.2 Å². The summed E-state index contributed by atoms with van der Waals surface area (Å²) in [4.78, 5) is 12.2. The van der Waals surface area contributed by atoms with Gasteiger partial charge in [0.05, 0.1) is 16.8 Å². The molecule has 0 bridgehead atoms. The van der Waals surface area contributed by atoms with Gasteiger partial charge in [0.25, 0.3) is 0 Å². The molecule has 0 spiro atoms. The minimum atomic E-state index is -0.457. The molecule has 5 nitrogen and oxygen atoms in total. The zero-order valence-electron chi connectivity index (χ0n) is 13.6. The Morgan fingerprint density at radius 1 is 1.28 bits per heavy atom. The maximum absolute atomic E-state index is 13.6. The van der Waals surface area contributed by atoms with E-state index in [0.29, 0.717) is 40.4 Å². The number of anilines is 1. The fourth-order valence-electron chi connectivity index (χ4n) is 2.51. The second-order valence-electron chi connectivity index (χ2n) is 5.43. The van der Waals surface area contributed by atoms with Gasteiger partial charge in [-0.1, -0.05) is 6.07 Å². The first-order valence-corrected chi connectivity index (χ1v) is 8.66. The van der Waals surface area contributed by atoms with Gasteiger partial charge >= 0.3 is 0 Å². The molecular weight excluding hydrogens is 393 g/mol. The summed E-state index contributed by atoms with van der Waals surface area (Å²) in [6, 6.07) is 8.12. The Bertz CT molecular complexity index is 797. The van der Waals surface area contributed by atoms with E-state index < -0.39 is 5.82 Å². The first-order chi connectivity index (χ1) is 12.1. The summed E-state index contributed by atoms with van der Waals surface area (Å²) < 4.78 is 30.1. The van der Waals surface area contributed by atoms with Crippen LogP contribution in [0.2, 0.25) is 0 Å². The highest BCUT2D eigenvalue weighted by atomic mass is 79.9. The van der Waals surface area contributed by atoms with E-state index in [1.54, 1.807) is 0 Å². The first kappa shape index (κ1) is 17.5. The van der Waals surface area contributed by atoms with Gasteiger partial charge in [-0.3, -0.25) is 4.79 Å². The van der Waals surface area contributed by atoms with Crippen LogP contribution in [0.1, 0.15) is 18.9 Å².